The van der Waals surface area contributed by atoms with Crippen molar-refractivity contribution in [1.82, 2.24) is 10.3 Å². The Kier molecular flexibility index (Phi) is 3.84. The summed E-state index contributed by atoms with van der Waals surface area (Å²) in [5.74, 6) is -0.124. The second-order valence-electron chi connectivity index (χ2n) is 4.18. The lowest BCUT2D eigenvalue weighted by Crippen LogP contribution is -2.44. The topological polar surface area (TPSA) is 54.0 Å². The van der Waals surface area contributed by atoms with Crippen LogP contribution in [0, 0.1) is 0 Å². The summed E-state index contributed by atoms with van der Waals surface area (Å²) in [5, 5.41) is 5.25. The zero-order valence-electron chi connectivity index (χ0n) is 9.72. The van der Waals surface area contributed by atoms with E-state index in [-0.39, 0.29) is 16.7 Å². The lowest BCUT2D eigenvalue weighted by Gasteiger charge is -2.23. The highest BCUT2D eigenvalue weighted by Crippen LogP contribution is 2.32. The molecule has 0 aliphatic carbocycles. The smallest absolute Gasteiger partial charge is 0.357 e. The van der Waals surface area contributed by atoms with Gasteiger partial charge in [-0.3, -0.25) is 4.79 Å². The normalized spacial score (nSPS) is 20.0. The van der Waals surface area contributed by atoms with Gasteiger partial charge >= 0.3 is 6.18 Å². The number of halogens is 4. The number of hydrogen-bond donors (Lipinski definition) is 2. The fourth-order valence-corrected chi connectivity index (χ4v) is 1.99. The van der Waals surface area contributed by atoms with E-state index < -0.39 is 17.8 Å². The van der Waals surface area contributed by atoms with E-state index in [9.17, 15) is 18.0 Å². The highest BCUT2D eigenvalue weighted by Gasteiger charge is 2.32. The summed E-state index contributed by atoms with van der Waals surface area (Å²) >= 11 is 5.75. The summed E-state index contributed by atoms with van der Waals surface area (Å²) in [4.78, 5) is 15.1. The van der Waals surface area contributed by atoms with Crippen LogP contribution >= 0.6 is 11.6 Å². The summed E-state index contributed by atoms with van der Waals surface area (Å²) < 4.78 is 37.3. The Balaban J connectivity index is 2.15. The van der Waals surface area contributed by atoms with Crippen LogP contribution in [0.1, 0.15) is 18.4 Å². The summed E-state index contributed by atoms with van der Waals surface area (Å²) in [6, 6.07) is 0.271. The Morgan fingerprint density at radius 2 is 2.21 bits per heavy atom. The third-order valence-electron chi connectivity index (χ3n) is 2.76. The van der Waals surface area contributed by atoms with Crippen LogP contribution in [-0.4, -0.2) is 23.5 Å². The zero-order chi connectivity index (χ0) is 14.0. The second-order valence-corrected chi connectivity index (χ2v) is 4.59. The van der Waals surface area contributed by atoms with Gasteiger partial charge in [0.1, 0.15) is 11.9 Å². The lowest BCUT2D eigenvalue weighted by atomic mass is 10.1. The Labute approximate surface area is 112 Å². The average Bonchev–Trinajstić information content (AvgIpc) is 2.33. The standard InChI is InChI=1S/C11H11ClF3N3O/c12-7-4-6(11(13,14)15)5-17-9(7)18-8-2-1-3-16-10(8)19/h4-5,8H,1-3H2,(H,16,19)(H,17,18). The van der Waals surface area contributed by atoms with E-state index >= 15 is 0 Å². The van der Waals surface area contributed by atoms with Crippen molar-refractivity contribution >= 4 is 23.3 Å². The number of pyridine rings is 1. The second kappa shape index (κ2) is 5.24. The lowest BCUT2D eigenvalue weighted by molar-refractivity contribution is -0.137. The molecule has 1 unspecified atom stereocenters. The number of hydrogen-bond acceptors (Lipinski definition) is 3. The molecule has 2 rings (SSSR count). The minimum atomic E-state index is -4.49. The number of alkyl halides is 3. The number of anilines is 1. The molecular weight excluding hydrogens is 283 g/mol. The van der Waals surface area contributed by atoms with E-state index in [1.807, 2.05) is 0 Å². The SMILES string of the molecule is O=C1NCCCC1Nc1ncc(C(F)(F)F)cc1Cl. The summed E-state index contributed by atoms with van der Waals surface area (Å²) in [6.45, 7) is 0.602. The van der Waals surface area contributed by atoms with Gasteiger partial charge in [0, 0.05) is 12.7 Å². The van der Waals surface area contributed by atoms with E-state index in [2.05, 4.69) is 15.6 Å². The molecule has 2 heterocycles. The maximum absolute atomic E-state index is 12.4. The molecule has 8 heteroatoms. The molecule has 0 radical (unpaired) electrons. The quantitative estimate of drug-likeness (QED) is 0.880. The molecular formula is C11H11ClF3N3O. The first-order chi connectivity index (χ1) is 8.88. The van der Waals surface area contributed by atoms with Gasteiger partial charge in [-0.25, -0.2) is 4.98 Å². The maximum Gasteiger partial charge on any atom is 0.417 e. The van der Waals surface area contributed by atoms with Crippen molar-refractivity contribution in [2.75, 3.05) is 11.9 Å². The van der Waals surface area contributed by atoms with Gasteiger partial charge < -0.3 is 10.6 Å². The molecule has 2 N–H and O–H groups in total. The largest absolute Gasteiger partial charge is 0.417 e. The number of aromatic nitrogens is 1. The van der Waals surface area contributed by atoms with Crippen molar-refractivity contribution in [2.24, 2.45) is 0 Å². The molecule has 19 heavy (non-hydrogen) atoms. The van der Waals surface area contributed by atoms with Crippen LogP contribution in [-0.2, 0) is 11.0 Å². The summed E-state index contributed by atoms with van der Waals surface area (Å²) in [6.07, 6.45) is -2.42. The third kappa shape index (κ3) is 3.28. The first-order valence-corrected chi connectivity index (χ1v) is 6.03. The molecule has 1 atom stereocenters. The van der Waals surface area contributed by atoms with Gasteiger partial charge in [-0.05, 0) is 18.9 Å². The van der Waals surface area contributed by atoms with Crippen molar-refractivity contribution < 1.29 is 18.0 Å². The number of carbonyl (C=O) groups excluding carboxylic acids is 1. The van der Waals surface area contributed by atoms with Crippen molar-refractivity contribution in [1.29, 1.82) is 0 Å². The molecule has 0 spiro atoms. The van der Waals surface area contributed by atoms with E-state index in [0.717, 1.165) is 12.5 Å². The first-order valence-electron chi connectivity index (χ1n) is 5.65. The van der Waals surface area contributed by atoms with Crippen LogP contribution in [0.5, 0.6) is 0 Å². The van der Waals surface area contributed by atoms with Crippen LogP contribution < -0.4 is 10.6 Å². The molecule has 104 valence electrons. The number of carbonyl (C=O) groups is 1. The van der Waals surface area contributed by atoms with Crippen molar-refractivity contribution in [2.45, 2.75) is 25.1 Å². The highest BCUT2D eigenvalue weighted by molar-refractivity contribution is 6.33. The van der Waals surface area contributed by atoms with E-state index in [1.165, 1.54) is 0 Å². The van der Waals surface area contributed by atoms with Crippen molar-refractivity contribution in [3.63, 3.8) is 0 Å². The number of nitrogens with one attached hydrogen (secondary N) is 2. The molecule has 1 amide bonds. The molecule has 1 aliphatic heterocycles. The Hall–Kier alpha value is -1.50. The molecule has 0 bridgehead atoms. The Morgan fingerprint density at radius 1 is 1.47 bits per heavy atom. The first kappa shape index (κ1) is 13.9. The molecule has 1 saturated heterocycles. The van der Waals surface area contributed by atoms with E-state index in [1.54, 1.807) is 0 Å². The van der Waals surface area contributed by atoms with E-state index in [4.69, 9.17) is 11.6 Å². The number of amides is 1. The van der Waals surface area contributed by atoms with Crippen LogP contribution in [0.15, 0.2) is 12.3 Å². The molecule has 1 aliphatic rings. The van der Waals surface area contributed by atoms with Gasteiger partial charge in [-0.1, -0.05) is 11.6 Å². The van der Waals surface area contributed by atoms with Crippen LogP contribution in [0.2, 0.25) is 5.02 Å². The van der Waals surface area contributed by atoms with Gasteiger partial charge in [0.05, 0.1) is 10.6 Å². The highest BCUT2D eigenvalue weighted by atomic mass is 35.5. The third-order valence-corrected chi connectivity index (χ3v) is 3.05. The summed E-state index contributed by atoms with van der Waals surface area (Å²) in [5.41, 5.74) is -0.920. The average molecular weight is 294 g/mol. The molecule has 1 aromatic heterocycles. The van der Waals surface area contributed by atoms with Gasteiger partial charge in [0.2, 0.25) is 5.91 Å². The Morgan fingerprint density at radius 3 is 2.79 bits per heavy atom. The minimum absolute atomic E-state index is 0.0803. The van der Waals surface area contributed by atoms with Crippen LogP contribution in [0.4, 0.5) is 19.0 Å². The maximum atomic E-state index is 12.4. The van der Waals surface area contributed by atoms with Gasteiger partial charge in [-0.2, -0.15) is 13.2 Å². The predicted octanol–water partition coefficient (Wildman–Crippen LogP) is 2.44. The van der Waals surface area contributed by atoms with Crippen LogP contribution in [0.3, 0.4) is 0 Å². The molecule has 0 aromatic carbocycles. The number of rotatable bonds is 2. The van der Waals surface area contributed by atoms with E-state index in [0.29, 0.717) is 19.2 Å². The van der Waals surface area contributed by atoms with Gasteiger partial charge in [0.25, 0.3) is 0 Å². The Bertz CT molecular complexity index is 493. The van der Waals surface area contributed by atoms with Gasteiger partial charge in [0.15, 0.2) is 0 Å². The van der Waals surface area contributed by atoms with Crippen molar-refractivity contribution in [3.05, 3.63) is 22.8 Å². The monoisotopic (exact) mass is 293 g/mol. The zero-order valence-corrected chi connectivity index (χ0v) is 10.5. The van der Waals surface area contributed by atoms with Crippen molar-refractivity contribution in [3.8, 4) is 0 Å². The van der Waals surface area contributed by atoms with Crippen LogP contribution in [0.25, 0.3) is 0 Å². The molecule has 0 saturated carbocycles. The van der Waals surface area contributed by atoms with Gasteiger partial charge in [-0.15, -0.1) is 0 Å². The number of piperidine rings is 1. The molecule has 1 fully saturated rings. The number of nitrogens with zero attached hydrogens (tertiary/aromatic N) is 1. The predicted molar refractivity (Wildman–Crippen MR) is 63.9 cm³/mol. The minimum Gasteiger partial charge on any atom is -0.357 e. The fourth-order valence-electron chi connectivity index (χ4n) is 1.77. The molecule has 4 nitrogen and oxygen atoms in total. The summed E-state index contributed by atoms with van der Waals surface area (Å²) in [7, 11) is 0. The fraction of sp³-hybridized carbons (Fsp3) is 0.455. The molecule has 1 aromatic rings.